The third-order valence-corrected chi connectivity index (χ3v) is 1.25. The number of nitro groups is 1. The van der Waals surface area contributed by atoms with E-state index in [9.17, 15) is 10.1 Å². The van der Waals surface area contributed by atoms with Crippen LogP contribution in [0.3, 0.4) is 0 Å². The molecule has 11 heavy (non-hydrogen) atoms. The molecule has 0 bridgehead atoms. The zero-order valence-corrected chi connectivity index (χ0v) is 5.68. The Morgan fingerprint density at radius 3 is 2.82 bits per heavy atom. The lowest BCUT2D eigenvalue weighted by Gasteiger charge is -1.91. The van der Waals surface area contributed by atoms with E-state index in [4.69, 9.17) is 5.26 Å². The fourth-order valence-electron chi connectivity index (χ4n) is 0.674. The molecule has 0 saturated heterocycles. The summed E-state index contributed by atoms with van der Waals surface area (Å²) in [5, 5.41) is 18.5. The average molecular weight is 152 g/mol. The summed E-state index contributed by atoms with van der Waals surface area (Å²) >= 11 is 0. The molecule has 0 spiro atoms. The lowest BCUT2D eigenvalue weighted by molar-refractivity contribution is -0.391. The molecule has 56 valence electrons. The van der Waals surface area contributed by atoms with Crippen molar-refractivity contribution in [2.24, 2.45) is 7.05 Å². The van der Waals surface area contributed by atoms with E-state index in [-0.39, 0.29) is 11.6 Å². The minimum atomic E-state index is -0.589. The molecule has 0 fully saturated rings. The Kier molecular flexibility index (Phi) is 1.56. The maximum Gasteiger partial charge on any atom is 0.343 e. The van der Waals surface area contributed by atoms with Gasteiger partial charge in [-0.3, -0.25) is 0 Å². The highest BCUT2D eigenvalue weighted by atomic mass is 16.6. The highest BCUT2D eigenvalue weighted by Crippen LogP contribution is 2.09. The Morgan fingerprint density at radius 1 is 1.91 bits per heavy atom. The van der Waals surface area contributed by atoms with Crippen LogP contribution in [0.1, 0.15) is 5.82 Å². The molecule has 1 heterocycles. The summed E-state index contributed by atoms with van der Waals surface area (Å²) in [4.78, 5) is 13.1. The molecule has 1 rings (SSSR count). The molecule has 6 heteroatoms. The molecular formula is C5H4N4O2. The summed E-state index contributed by atoms with van der Waals surface area (Å²) in [6.07, 6.45) is 1.05. The third-order valence-electron chi connectivity index (χ3n) is 1.25. The predicted octanol–water partition coefficient (Wildman–Crippen LogP) is 0.200. The van der Waals surface area contributed by atoms with Gasteiger partial charge in [0.2, 0.25) is 0 Å². The van der Waals surface area contributed by atoms with Gasteiger partial charge in [-0.2, -0.15) is 10.2 Å². The number of hydrogen-bond acceptors (Lipinski definition) is 4. The maximum atomic E-state index is 10.2. The van der Waals surface area contributed by atoms with Crippen LogP contribution in [0, 0.1) is 21.4 Å². The van der Waals surface area contributed by atoms with Crippen LogP contribution >= 0.6 is 0 Å². The van der Waals surface area contributed by atoms with Crippen molar-refractivity contribution in [3.05, 3.63) is 22.1 Å². The average Bonchev–Trinajstić information content (AvgIpc) is 2.30. The van der Waals surface area contributed by atoms with Gasteiger partial charge in [0.25, 0.3) is 0 Å². The zero-order valence-electron chi connectivity index (χ0n) is 5.68. The summed E-state index contributed by atoms with van der Waals surface area (Å²) in [7, 11) is 1.42. The molecule has 0 aromatic carbocycles. The van der Waals surface area contributed by atoms with Gasteiger partial charge in [-0.1, -0.05) is 0 Å². The third kappa shape index (κ3) is 1.03. The van der Waals surface area contributed by atoms with Crippen molar-refractivity contribution in [1.82, 2.24) is 9.55 Å². The monoisotopic (exact) mass is 152 g/mol. The molecule has 0 aliphatic heterocycles. The second kappa shape index (κ2) is 2.38. The molecule has 1 aromatic heterocycles. The summed E-state index contributed by atoms with van der Waals surface area (Å²) in [5.41, 5.74) is 0. The van der Waals surface area contributed by atoms with Crippen molar-refractivity contribution in [2.45, 2.75) is 0 Å². The summed E-state index contributed by atoms with van der Waals surface area (Å²) in [6.45, 7) is 0. The van der Waals surface area contributed by atoms with Crippen molar-refractivity contribution in [2.75, 3.05) is 0 Å². The first-order valence-corrected chi connectivity index (χ1v) is 2.73. The SMILES string of the molecule is Cn1c([N+](=O)[O-])cnc1C#N. The topological polar surface area (TPSA) is 84.8 Å². The summed E-state index contributed by atoms with van der Waals surface area (Å²) < 4.78 is 1.12. The number of aromatic nitrogens is 2. The van der Waals surface area contributed by atoms with Gasteiger partial charge in [0.05, 0.1) is 7.05 Å². The van der Waals surface area contributed by atoms with E-state index in [0.717, 1.165) is 10.8 Å². The van der Waals surface area contributed by atoms with E-state index in [1.807, 2.05) is 0 Å². The fourth-order valence-corrected chi connectivity index (χ4v) is 0.674. The number of rotatable bonds is 1. The largest absolute Gasteiger partial charge is 0.358 e. The van der Waals surface area contributed by atoms with Crippen molar-refractivity contribution in [3.63, 3.8) is 0 Å². The Morgan fingerprint density at radius 2 is 2.55 bits per heavy atom. The smallest absolute Gasteiger partial charge is 0.343 e. The van der Waals surface area contributed by atoms with Gasteiger partial charge in [-0.25, -0.2) is 4.57 Å². The van der Waals surface area contributed by atoms with Crippen LogP contribution in [0.15, 0.2) is 6.20 Å². The summed E-state index contributed by atoms with van der Waals surface area (Å²) in [6, 6.07) is 1.72. The van der Waals surface area contributed by atoms with Gasteiger partial charge < -0.3 is 10.1 Å². The van der Waals surface area contributed by atoms with Gasteiger partial charge in [-0.05, 0) is 4.92 Å². The molecule has 1 aromatic rings. The van der Waals surface area contributed by atoms with Gasteiger partial charge in [0.15, 0.2) is 6.07 Å². The highest BCUT2D eigenvalue weighted by Gasteiger charge is 2.14. The molecule has 0 aliphatic rings. The van der Waals surface area contributed by atoms with E-state index < -0.39 is 4.92 Å². The van der Waals surface area contributed by atoms with Crippen LogP contribution in [0.25, 0.3) is 0 Å². The van der Waals surface area contributed by atoms with Crippen LogP contribution in [0.4, 0.5) is 5.82 Å². The number of nitriles is 1. The van der Waals surface area contributed by atoms with Crippen molar-refractivity contribution in [1.29, 1.82) is 5.26 Å². The molecule has 0 atom stereocenters. The molecule has 0 radical (unpaired) electrons. The van der Waals surface area contributed by atoms with E-state index >= 15 is 0 Å². The Bertz CT molecular complexity index is 335. The molecule has 0 amide bonds. The lowest BCUT2D eigenvalue weighted by atomic mass is 10.7. The van der Waals surface area contributed by atoms with Crippen molar-refractivity contribution < 1.29 is 4.92 Å². The highest BCUT2D eigenvalue weighted by molar-refractivity contribution is 5.25. The first kappa shape index (κ1) is 7.21. The molecule has 6 nitrogen and oxygen atoms in total. The number of nitrogens with zero attached hydrogens (tertiary/aromatic N) is 4. The van der Waals surface area contributed by atoms with Crippen LogP contribution in [0.5, 0.6) is 0 Å². The zero-order chi connectivity index (χ0) is 8.43. The van der Waals surface area contributed by atoms with Crippen LogP contribution in [0.2, 0.25) is 0 Å². The second-order valence-corrected chi connectivity index (χ2v) is 1.87. The fraction of sp³-hybridized carbons (Fsp3) is 0.200. The number of imidazole rings is 1. The minimum Gasteiger partial charge on any atom is -0.358 e. The van der Waals surface area contributed by atoms with E-state index in [1.54, 1.807) is 6.07 Å². The quantitative estimate of drug-likeness (QED) is 0.425. The lowest BCUT2D eigenvalue weighted by Crippen LogP contribution is -1.98. The Balaban J connectivity index is 3.24. The van der Waals surface area contributed by atoms with Gasteiger partial charge in [0, 0.05) is 0 Å². The molecule has 0 N–H and O–H groups in total. The first-order chi connectivity index (χ1) is 5.16. The molecule has 0 unspecified atom stereocenters. The molecular weight excluding hydrogens is 148 g/mol. The van der Waals surface area contributed by atoms with Gasteiger partial charge in [-0.15, -0.1) is 0 Å². The Labute approximate surface area is 61.8 Å². The molecule has 0 saturated carbocycles. The van der Waals surface area contributed by atoms with E-state index in [0.29, 0.717) is 0 Å². The van der Waals surface area contributed by atoms with Crippen molar-refractivity contribution >= 4 is 5.82 Å². The van der Waals surface area contributed by atoms with E-state index in [1.165, 1.54) is 7.05 Å². The first-order valence-electron chi connectivity index (χ1n) is 2.73. The van der Waals surface area contributed by atoms with Crippen LogP contribution in [-0.2, 0) is 7.05 Å². The predicted molar refractivity (Wildman–Crippen MR) is 34.6 cm³/mol. The van der Waals surface area contributed by atoms with Crippen LogP contribution in [-0.4, -0.2) is 14.5 Å². The van der Waals surface area contributed by atoms with Crippen LogP contribution < -0.4 is 0 Å². The molecule has 0 aliphatic carbocycles. The summed E-state index contributed by atoms with van der Waals surface area (Å²) in [5.74, 6) is -0.141. The number of hydrogen-bond donors (Lipinski definition) is 0. The Hall–Kier alpha value is -1.90. The van der Waals surface area contributed by atoms with E-state index in [2.05, 4.69) is 4.98 Å². The second-order valence-electron chi connectivity index (χ2n) is 1.87. The standard InChI is InChI=1S/C5H4N4O2/c1-8-4(2-6)7-3-5(8)9(10)11/h3H,1H3. The van der Waals surface area contributed by atoms with Gasteiger partial charge >= 0.3 is 11.6 Å². The van der Waals surface area contributed by atoms with Gasteiger partial charge in [0.1, 0.15) is 6.20 Å². The maximum absolute atomic E-state index is 10.2. The minimum absolute atomic E-state index is 0.0386. The van der Waals surface area contributed by atoms with Crippen molar-refractivity contribution in [3.8, 4) is 6.07 Å². The normalized spacial score (nSPS) is 9.09.